The fraction of sp³-hybridized carbons (Fsp3) is 0.529. The maximum absolute atomic E-state index is 11.9. The van der Waals surface area contributed by atoms with Crippen LogP contribution in [0.15, 0.2) is 24.3 Å². The van der Waals surface area contributed by atoms with Gasteiger partial charge < -0.3 is 10.2 Å². The molecule has 112 valence electrons. The topological polar surface area (TPSA) is 56.1 Å². The number of nitriles is 1. The van der Waals surface area contributed by atoms with Gasteiger partial charge in [-0.2, -0.15) is 5.26 Å². The van der Waals surface area contributed by atoms with Crippen molar-refractivity contribution < 1.29 is 4.79 Å². The number of rotatable bonds is 5. The molecule has 1 unspecified atom stereocenters. The van der Waals surface area contributed by atoms with Crippen molar-refractivity contribution in [2.24, 2.45) is 5.92 Å². The Kier molecular flexibility index (Phi) is 5.77. The number of carbonyl (C=O) groups excluding carboxylic acids is 1. The van der Waals surface area contributed by atoms with Gasteiger partial charge in [-0.25, -0.2) is 0 Å². The quantitative estimate of drug-likeness (QED) is 0.904. The van der Waals surface area contributed by atoms with Crippen molar-refractivity contribution in [2.75, 3.05) is 25.0 Å². The summed E-state index contributed by atoms with van der Waals surface area (Å²) in [5.41, 5.74) is 1.26. The Bertz CT molecular complexity index is 521. The highest BCUT2D eigenvalue weighted by Crippen LogP contribution is 2.16. The van der Waals surface area contributed by atoms with Gasteiger partial charge in [0, 0.05) is 18.7 Å². The highest BCUT2D eigenvalue weighted by Gasteiger charge is 2.15. The third-order valence-corrected chi connectivity index (χ3v) is 3.89. The summed E-state index contributed by atoms with van der Waals surface area (Å²) in [6.45, 7) is 5.61. The smallest absolute Gasteiger partial charge is 0.224 e. The molecule has 1 aromatic carbocycles. The highest BCUT2D eigenvalue weighted by atomic mass is 16.1. The molecule has 1 fully saturated rings. The molecule has 4 heteroatoms. The first-order valence-electron chi connectivity index (χ1n) is 7.70. The molecule has 1 saturated heterocycles. The lowest BCUT2D eigenvalue weighted by Crippen LogP contribution is -2.35. The van der Waals surface area contributed by atoms with Gasteiger partial charge in [-0.3, -0.25) is 4.79 Å². The fourth-order valence-corrected chi connectivity index (χ4v) is 2.84. The average Bonchev–Trinajstić information content (AvgIpc) is 2.47. The minimum Gasteiger partial charge on any atom is -0.326 e. The molecule has 0 radical (unpaired) electrons. The molecular weight excluding hydrogens is 262 g/mol. The van der Waals surface area contributed by atoms with Gasteiger partial charge in [0.15, 0.2) is 0 Å². The Morgan fingerprint density at radius 1 is 1.52 bits per heavy atom. The molecule has 1 aromatic rings. The molecule has 0 aliphatic carbocycles. The van der Waals surface area contributed by atoms with E-state index in [4.69, 9.17) is 5.26 Å². The van der Waals surface area contributed by atoms with Crippen molar-refractivity contribution in [3.8, 4) is 6.07 Å². The second-order valence-corrected chi connectivity index (χ2v) is 5.89. The van der Waals surface area contributed by atoms with Crippen LogP contribution in [0, 0.1) is 17.2 Å². The van der Waals surface area contributed by atoms with Crippen LogP contribution in [0.1, 0.15) is 38.2 Å². The molecule has 21 heavy (non-hydrogen) atoms. The van der Waals surface area contributed by atoms with E-state index in [-0.39, 0.29) is 5.91 Å². The summed E-state index contributed by atoms with van der Waals surface area (Å²) >= 11 is 0. The van der Waals surface area contributed by atoms with E-state index >= 15 is 0 Å². The maximum Gasteiger partial charge on any atom is 0.224 e. The Hall–Kier alpha value is -1.86. The van der Waals surface area contributed by atoms with E-state index in [1.165, 1.54) is 12.8 Å². The van der Waals surface area contributed by atoms with Crippen molar-refractivity contribution in [2.45, 2.75) is 32.6 Å². The zero-order chi connectivity index (χ0) is 15.1. The van der Waals surface area contributed by atoms with E-state index in [1.54, 1.807) is 18.2 Å². The summed E-state index contributed by atoms with van der Waals surface area (Å²) in [6.07, 6.45) is 4.01. The normalized spacial score (nSPS) is 19.0. The Balaban J connectivity index is 1.71. The van der Waals surface area contributed by atoms with Crippen LogP contribution in [0.4, 0.5) is 5.69 Å². The summed E-state index contributed by atoms with van der Waals surface area (Å²) in [5, 5.41) is 11.7. The lowest BCUT2D eigenvalue weighted by atomic mass is 10.0. The van der Waals surface area contributed by atoms with Crippen LogP contribution in [0.3, 0.4) is 0 Å². The van der Waals surface area contributed by atoms with Crippen LogP contribution in [-0.2, 0) is 4.79 Å². The first-order chi connectivity index (χ1) is 10.2. The zero-order valence-electron chi connectivity index (χ0n) is 12.6. The maximum atomic E-state index is 11.9. The number of piperidine rings is 1. The number of hydrogen-bond donors (Lipinski definition) is 1. The largest absolute Gasteiger partial charge is 0.326 e. The molecule has 1 amide bonds. The molecule has 1 heterocycles. The predicted molar refractivity (Wildman–Crippen MR) is 83.9 cm³/mol. The Morgan fingerprint density at radius 2 is 2.38 bits per heavy atom. The van der Waals surface area contributed by atoms with Crippen LogP contribution in [0.25, 0.3) is 0 Å². The lowest BCUT2D eigenvalue weighted by Gasteiger charge is -2.30. The predicted octanol–water partition coefficient (Wildman–Crippen LogP) is 3.01. The van der Waals surface area contributed by atoms with Crippen molar-refractivity contribution in [3.63, 3.8) is 0 Å². The van der Waals surface area contributed by atoms with Gasteiger partial charge in [-0.1, -0.05) is 13.0 Å². The van der Waals surface area contributed by atoms with Gasteiger partial charge in [0.25, 0.3) is 0 Å². The molecular formula is C17H23N3O. The third kappa shape index (κ3) is 5.20. The van der Waals surface area contributed by atoms with Crippen molar-refractivity contribution >= 4 is 11.6 Å². The SMILES string of the molecule is CC1CCCN(CCCC(=O)Nc2cccc(C#N)c2)C1. The number of benzene rings is 1. The number of likely N-dealkylation sites (tertiary alicyclic amines) is 1. The van der Waals surface area contributed by atoms with Gasteiger partial charge in [-0.15, -0.1) is 0 Å². The summed E-state index contributed by atoms with van der Waals surface area (Å²) < 4.78 is 0. The number of hydrogen-bond acceptors (Lipinski definition) is 3. The molecule has 0 bridgehead atoms. The second-order valence-electron chi connectivity index (χ2n) is 5.89. The average molecular weight is 285 g/mol. The van der Waals surface area contributed by atoms with E-state index in [0.29, 0.717) is 17.7 Å². The van der Waals surface area contributed by atoms with Gasteiger partial charge in [0.1, 0.15) is 0 Å². The number of anilines is 1. The molecule has 1 aliphatic heterocycles. The third-order valence-electron chi connectivity index (χ3n) is 3.89. The number of nitrogens with zero attached hydrogens (tertiary/aromatic N) is 2. The number of carbonyl (C=O) groups is 1. The van der Waals surface area contributed by atoms with Crippen molar-refractivity contribution in [1.29, 1.82) is 5.26 Å². The zero-order valence-corrected chi connectivity index (χ0v) is 12.6. The molecule has 4 nitrogen and oxygen atoms in total. The lowest BCUT2D eigenvalue weighted by molar-refractivity contribution is -0.116. The van der Waals surface area contributed by atoms with Crippen molar-refractivity contribution in [1.82, 2.24) is 4.90 Å². The number of amides is 1. The van der Waals surface area contributed by atoms with E-state index in [9.17, 15) is 4.79 Å². The molecule has 0 saturated carbocycles. The summed E-state index contributed by atoms with van der Waals surface area (Å²) in [6, 6.07) is 9.09. The summed E-state index contributed by atoms with van der Waals surface area (Å²) in [7, 11) is 0. The van der Waals surface area contributed by atoms with Crippen LogP contribution in [0.2, 0.25) is 0 Å². The fourth-order valence-electron chi connectivity index (χ4n) is 2.84. The van der Waals surface area contributed by atoms with Gasteiger partial charge in [0.05, 0.1) is 11.6 Å². The molecule has 2 rings (SSSR count). The van der Waals surface area contributed by atoms with Crippen LogP contribution in [0.5, 0.6) is 0 Å². The Labute approximate surface area is 126 Å². The monoisotopic (exact) mass is 285 g/mol. The molecule has 0 aromatic heterocycles. The first kappa shape index (κ1) is 15.5. The van der Waals surface area contributed by atoms with E-state index < -0.39 is 0 Å². The molecule has 1 N–H and O–H groups in total. The minimum absolute atomic E-state index is 0.0233. The molecule has 1 atom stereocenters. The molecule has 1 aliphatic rings. The van der Waals surface area contributed by atoms with Crippen LogP contribution < -0.4 is 5.32 Å². The van der Waals surface area contributed by atoms with E-state index in [2.05, 4.69) is 23.2 Å². The Morgan fingerprint density at radius 3 is 3.14 bits per heavy atom. The van der Waals surface area contributed by atoms with Crippen molar-refractivity contribution in [3.05, 3.63) is 29.8 Å². The van der Waals surface area contributed by atoms with Crippen LogP contribution >= 0.6 is 0 Å². The van der Waals surface area contributed by atoms with Gasteiger partial charge >= 0.3 is 0 Å². The standard InChI is InChI=1S/C17H23N3O/c1-14-5-3-9-20(13-14)10-4-8-17(21)19-16-7-2-6-15(11-16)12-18/h2,6-7,11,14H,3-5,8-10,13H2,1H3,(H,19,21). The van der Waals surface area contributed by atoms with E-state index in [0.717, 1.165) is 32.0 Å². The second kappa shape index (κ2) is 7.80. The van der Waals surface area contributed by atoms with Crippen LogP contribution in [-0.4, -0.2) is 30.4 Å². The number of nitrogens with one attached hydrogen (secondary N) is 1. The van der Waals surface area contributed by atoms with Gasteiger partial charge in [0.2, 0.25) is 5.91 Å². The highest BCUT2D eigenvalue weighted by molar-refractivity contribution is 5.90. The summed E-state index contributed by atoms with van der Waals surface area (Å²) in [4.78, 5) is 14.4. The first-order valence-corrected chi connectivity index (χ1v) is 7.70. The molecule has 0 spiro atoms. The summed E-state index contributed by atoms with van der Waals surface area (Å²) in [5.74, 6) is 0.802. The minimum atomic E-state index is 0.0233. The van der Waals surface area contributed by atoms with Gasteiger partial charge in [-0.05, 0) is 56.5 Å². The van der Waals surface area contributed by atoms with E-state index in [1.807, 2.05) is 6.07 Å².